The van der Waals surface area contributed by atoms with Crippen molar-refractivity contribution in [1.29, 1.82) is 0 Å². The van der Waals surface area contributed by atoms with Gasteiger partial charge in [-0.2, -0.15) is 0 Å². The first kappa shape index (κ1) is 8.01. The maximum atomic E-state index is 13.1. The highest BCUT2D eigenvalue weighted by Gasteiger charge is 2.25. The van der Waals surface area contributed by atoms with E-state index in [9.17, 15) is 9.50 Å². The van der Waals surface area contributed by atoms with Crippen LogP contribution < -0.4 is 5.32 Å². The third-order valence-corrected chi connectivity index (χ3v) is 2.61. The Hall–Kier alpha value is -0.610. The number of hydrogen-bond donors (Lipinski definition) is 2. The monoisotopic (exact) mass is 231 g/mol. The molecule has 0 saturated heterocycles. The van der Waals surface area contributed by atoms with Gasteiger partial charge in [-0.3, -0.25) is 0 Å². The molecule has 0 saturated carbocycles. The number of β-amino-alcohol motifs (C(OH)–C–C–N with tert-alkyl or cyclic N) is 1. The van der Waals surface area contributed by atoms with Gasteiger partial charge in [0.05, 0.1) is 5.69 Å². The predicted octanol–water partition coefficient (Wildman–Crippen LogP) is 2.05. The SMILES string of the molecule is O[C@H]1CNc2c(Br)ccc(F)c21. The molecule has 2 nitrogen and oxygen atoms in total. The predicted molar refractivity (Wildman–Crippen MR) is 47.5 cm³/mol. The molecule has 1 aliphatic heterocycles. The molecular formula is C8H7BrFNO. The molecule has 0 amide bonds. The van der Waals surface area contributed by atoms with Crippen LogP contribution in [0.4, 0.5) is 10.1 Å². The molecule has 1 heterocycles. The Labute approximate surface area is 77.5 Å². The largest absolute Gasteiger partial charge is 0.386 e. The van der Waals surface area contributed by atoms with Crippen LogP contribution in [-0.4, -0.2) is 11.7 Å². The minimum Gasteiger partial charge on any atom is -0.386 e. The van der Waals surface area contributed by atoms with Crippen molar-refractivity contribution in [1.82, 2.24) is 0 Å². The molecule has 0 radical (unpaired) electrons. The first-order chi connectivity index (χ1) is 5.70. The van der Waals surface area contributed by atoms with E-state index in [2.05, 4.69) is 21.2 Å². The van der Waals surface area contributed by atoms with E-state index in [-0.39, 0.29) is 5.82 Å². The van der Waals surface area contributed by atoms with Crippen LogP contribution in [0, 0.1) is 5.82 Å². The third-order valence-electron chi connectivity index (χ3n) is 1.95. The first-order valence-corrected chi connectivity index (χ1v) is 4.39. The zero-order valence-corrected chi connectivity index (χ0v) is 7.73. The van der Waals surface area contributed by atoms with Gasteiger partial charge in [-0.15, -0.1) is 0 Å². The maximum Gasteiger partial charge on any atom is 0.131 e. The van der Waals surface area contributed by atoms with E-state index in [1.54, 1.807) is 6.07 Å². The van der Waals surface area contributed by atoms with E-state index in [1.165, 1.54) is 6.07 Å². The molecule has 0 fully saturated rings. The van der Waals surface area contributed by atoms with Crippen LogP contribution in [0.2, 0.25) is 0 Å². The number of fused-ring (bicyclic) bond motifs is 1. The number of nitrogens with one attached hydrogen (secondary N) is 1. The number of hydrogen-bond acceptors (Lipinski definition) is 2. The Morgan fingerprint density at radius 1 is 1.58 bits per heavy atom. The van der Waals surface area contributed by atoms with Crippen molar-refractivity contribution in [3.05, 3.63) is 28.0 Å². The van der Waals surface area contributed by atoms with Gasteiger partial charge < -0.3 is 10.4 Å². The van der Waals surface area contributed by atoms with Crippen molar-refractivity contribution in [2.75, 3.05) is 11.9 Å². The normalized spacial score (nSPS) is 20.4. The Balaban J connectivity index is 2.64. The van der Waals surface area contributed by atoms with Gasteiger partial charge in [0.2, 0.25) is 0 Å². The van der Waals surface area contributed by atoms with Crippen molar-refractivity contribution in [3.8, 4) is 0 Å². The van der Waals surface area contributed by atoms with Crippen LogP contribution in [-0.2, 0) is 0 Å². The molecule has 0 unspecified atom stereocenters. The van der Waals surface area contributed by atoms with Crippen LogP contribution in [0.5, 0.6) is 0 Å². The lowest BCUT2D eigenvalue weighted by Crippen LogP contribution is -2.00. The van der Waals surface area contributed by atoms with Crippen LogP contribution >= 0.6 is 15.9 Å². The molecule has 0 aromatic heterocycles. The van der Waals surface area contributed by atoms with Gasteiger partial charge >= 0.3 is 0 Å². The number of anilines is 1. The molecule has 4 heteroatoms. The number of aliphatic hydroxyl groups excluding tert-OH is 1. The van der Waals surface area contributed by atoms with Gasteiger partial charge in [-0.1, -0.05) is 0 Å². The highest BCUT2D eigenvalue weighted by Crippen LogP contribution is 2.37. The second kappa shape index (κ2) is 2.71. The summed E-state index contributed by atoms with van der Waals surface area (Å²) in [6.45, 7) is 0.384. The van der Waals surface area contributed by atoms with Gasteiger partial charge in [-0.05, 0) is 28.1 Å². The van der Waals surface area contributed by atoms with Gasteiger partial charge in [0.1, 0.15) is 11.9 Å². The summed E-state index contributed by atoms with van der Waals surface area (Å²) in [7, 11) is 0. The minimum absolute atomic E-state index is 0.356. The summed E-state index contributed by atoms with van der Waals surface area (Å²) in [5.74, 6) is -0.356. The second-order valence-electron chi connectivity index (χ2n) is 2.71. The van der Waals surface area contributed by atoms with E-state index >= 15 is 0 Å². The highest BCUT2D eigenvalue weighted by atomic mass is 79.9. The summed E-state index contributed by atoms with van der Waals surface area (Å²) >= 11 is 3.27. The van der Waals surface area contributed by atoms with Crippen LogP contribution in [0.25, 0.3) is 0 Å². The average molecular weight is 232 g/mol. The third kappa shape index (κ3) is 1.03. The van der Waals surface area contributed by atoms with Crippen molar-refractivity contribution in [2.45, 2.75) is 6.10 Å². The lowest BCUT2D eigenvalue weighted by molar-refractivity contribution is 0.195. The summed E-state index contributed by atoms with van der Waals surface area (Å²) < 4.78 is 13.9. The Morgan fingerprint density at radius 2 is 2.33 bits per heavy atom. The molecule has 0 spiro atoms. The van der Waals surface area contributed by atoms with E-state index < -0.39 is 6.10 Å². The fourth-order valence-electron chi connectivity index (χ4n) is 1.37. The highest BCUT2D eigenvalue weighted by molar-refractivity contribution is 9.10. The summed E-state index contributed by atoms with van der Waals surface area (Å²) in [5, 5.41) is 12.3. The van der Waals surface area contributed by atoms with Gasteiger partial charge in [0.25, 0.3) is 0 Å². The Bertz CT molecular complexity index is 329. The summed E-state index contributed by atoms with van der Waals surface area (Å²) in [6, 6.07) is 2.97. The van der Waals surface area contributed by atoms with Gasteiger partial charge in [0.15, 0.2) is 0 Å². The number of aliphatic hydroxyl groups is 1. The second-order valence-corrected chi connectivity index (χ2v) is 3.57. The average Bonchev–Trinajstić information content (AvgIpc) is 2.42. The van der Waals surface area contributed by atoms with E-state index in [4.69, 9.17) is 0 Å². The zero-order valence-electron chi connectivity index (χ0n) is 6.14. The van der Waals surface area contributed by atoms with Gasteiger partial charge in [-0.25, -0.2) is 4.39 Å². The maximum absolute atomic E-state index is 13.1. The number of halogens is 2. The van der Waals surface area contributed by atoms with Crippen LogP contribution in [0.3, 0.4) is 0 Å². The lowest BCUT2D eigenvalue weighted by Gasteiger charge is -2.04. The van der Waals surface area contributed by atoms with E-state index in [1.807, 2.05) is 0 Å². The van der Waals surface area contributed by atoms with Crippen molar-refractivity contribution in [3.63, 3.8) is 0 Å². The zero-order chi connectivity index (χ0) is 8.72. The molecule has 1 aromatic rings. The van der Waals surface area contributed by atoms with Crippen molar-refractivity contribution >= 4 is 21.6 Å². The molecule has 2 N–H and O–H groups in total. The molecule has 12 heavy (non-hydrogen) atoms. The molecule has 1 aliphatic rings. The quantitative estimate of drug-likeness (QED) is 0.717. The standard InChI is InChI=1S/C8H7BrFNO/c9-4-1-2-5(10)7-6(12)3-11-8(4)7/h1-2,6,11-12H,3H2/t6-/m0/s1. The fourth-order valence-corrected chi connectivity index (χ4v) is 1.86. The molecule has 0 bridgehead atoms. The summed E-state index contributed by atoms with van der Waals surface area (Å²) in [4.78, 5) is 0. The molecule has 2 rings (SSSR count). The van der Waals surface area contributed by atoms with E-state index in [0.717, 1.165) is 4.47 Å². The van der Waals surface area contributed by atoms with Crippen molar-refractivity contribution < 1.29 is 9.50 Å². The lowest BCUT2D eigenvalue weighted by atomic mass is 10.1. The Kier molecular flexibility index (Phi) is 1.81. The molecule has 64 valence electrons. The molecule has 1 atom stereocenters. The Morgan fingerprint density at radius 3 is 3.00 bits per heavy atom. The van der Waals surface area contributed by atoms with Crippen LogP contribution in [0.1, 0.15) is 11.7 Å². The number of rotatable bonds is 0. The van der Waals surface area contributed by atoms with Crippen LogP contribution in [0.15, 0.2) is 16.6 Å². The fraction of sp³-hybridized carbons (Fsp3) is 0.250. The smallest absolute Gasteiger partial charge is 0.131 e. The molecule has 0 aliphatic carbocycles. The number of benzene rings is 1. The molecule has 1 aromatic carbocycles. The summed E-state index contributed by atoms with van der Waals surface area (Å²) in [5.41, 5.74) is 1.03. The van der Waals surface area contributed by atoms with E-state index in [0.29, 0.717) is 17.8 Å². The summed E-state index contributed by atoms with van der Waals surface area (Å²) in [6.07, 6.45) is -0.725. The van der Waals surface area contributed by atoms with Gasteiger partial charge in [0, 0.05) is 16.6 Å². The topological polar surface area (TPSA) is 32.3 Å². The first-order valence-electron chi connectivity index (χ1n) is 3.60. The molecular weight excluding hydrogens is 225 g/mol. The minimum atomic E-state index is -0.725. The van der Waals surface area contributed by atoms with Crippen molar-refractivity contribution in [2.24, 2.45) is 0 Å².